The number of unbranched alkanes of at least 4 members (excludes halogenated alkanes) is 34. The molecule has 640 valence electrons. The van der Waals surface area contributed by atoms with Crippen LogP contribution in [-0.2, 0) is 33.2 Å². The predicted molar refractivity (Wildman–Crippen MR) is 447 cm³/mol. The second kappa shape index (κ2) is 70.4. The van der Waals surface area contributed by atoms with E-state index in [1.54, 1.807) is 0 Å². The lowest BCUT2D eigenvalue weighted by molar-refractivity contribution is -0.379. The molecular formula is C92H159NO18. The number of hydrogen-bond donors (Lipinski definition) is 12. The molecule has 3 aliphatic heterocycles. The predicted octanol–water partition coefficient (Wildman–Crippen LogP) is 16.6. The van der Waals surface area contributed by atoms with Gasteiger partial charge in [0.25, 0.3) is 0 Å². The fraction of sp³-hybridized carbons (Fsp3) is 0.772. The van der Waals surface area contributed by atoms with Gasteiger partial charge in [0.2, 0.25) is 5.91 Å². The van der Waals surface area contributed by atoms with Crippen molar-refractivity contribution in [1.82, 2.24) is 5.32 Å². The standard InChI is InChI=1S/C92H159NO18/c1-3-5-7-9-11-13-15-17-19-21-23-25-27-29-31-32-33-34-35-36-37-38-39-40-41-42-44-46-48-50-52-54-56-58-60-62-64-66-68-70-80(98)93-75(76(97)69-67-65-63-61-59-57-55-53-51-49-47-45-43-30-28-26-24-22-20-18-16-14-12-10-8-6-4-2)74-106-90-86(104)83(101)88(78(72-95)108-90)111-92-87(105)84(102)89(79(73-96)109-92)110-91-85(103)82(100)81(99)77(71-94)107-91/h5,7,11,13,17,19,23,25,29,31,33-34,36-37,39-40,42,44,48,50,75-79,81-92,94-97,99-105H,3-4,6,8-10,12,14-16,18,20-22,24,26-28,30,32,35,38,41,43,45-47,49,51-74H2,1-2H3,(H,93,98)/b7-5-,13-11-,19-17-,25-23-,31-29-,34-33-,37-36-,40-39-,44-42-,50-48-. The van der Waals surface area contributed by atoms with E-state index >= 15 is 0 Å². The molecule has 0 radical (unpaired) electrons. The second-order valence-corrected chi connectivity index (χ2v) is 31.0. The first-order valence-electron chi connectivity index (χ1n) is 44.3. The number of nitrogens with one attached hydrogen (secondary N) is 1. The SMILES string of the molecule is CC/C=C\C/C=C\C/C=C\C/C=C\C/C=C\C/C=C\C/C=C\C/C=C\C/C=C\C/C=C\CCCCCCCCCCC(=O)NC(COC1OC(CO)C(OC2OC(CO)C(OC3OC(CO)C(O)C(O)C3O)C(O)C2O)C(O)C1O)C(O)CCCCCCCCCCCCCCCCCCCCCCCCCCCCC. The Morgan fingerprint density at radius 1 is 0.333 bits per heavy atom. The van der Waals surface area contributed by atoms with Crippen molar-refractivity contribution in [2.45, 2.75) is 426 Å². The summed E-state index contributed by atoms with van der Waals surface area (Å²) in [5, 5.41) is 121. The summed E-state index contributed by atoms with van der Waals surface area (Å²) >= 11 is 0. The van der Waals surface area contributed by atoms with Crippen LogP contribution in [0.4, 0.5) is 0 Å². The van der Waals surface area contributed by atoms with Gasteiger partial charge in [-0.25, -0.2) is 0 Å². The Hall–Kier alpha value is -3.81. The highest BCUT2D eigenvalue weighted by molar-refractivity contribution is 5.76. The zero-order valence-electron chi connectivity index (χ0n) is 68.9. The van der Waals surface area contributed by atoms with Gasteiger partial charge < -0.3 is 89.9 Å². The van der Waals surface area contributed by atoms with Crippen LogP contribution in [0.3, 0.4) is 0 Å². The van der Waals surface area contributed by atoms with E-state index in [1.165, 1.54) is 161 Å². The Balaban J connectivity index is 1.34. The van der Waals surface area contributed by atoms with Crippen LogP contribution in [-0.4, -0.2) is 193 Å². The Morgan fingerprint density at radius 3 is 0.973 bits per heavy atom. The minimum absolute atomic E-state index is 0.250. The van der Waals surface area contributed by atoms with Gasteiger partial charge in [0.05, 0.1) is 38.6 Å². The molecule has 12 N–H and O–H groups in total. The van der Waals surface area contributed by atoms with Crippen molar-refractivity contribution in [2.24, 2.45) is 0 Å². The lowest BCUT2D eigenvalue weighted by Gasteiger charge is -2.48. The third-order valence-electron chi connectivity index (χ3n) is 21.3. The molecule has 17 atom stereocenters. The van der Waals surface area contributed by atoms with Gasteiger partial charge in [-0.05, 0) is 89.9 Å². The number of ether oxygens (including phenoxy) is 6. The average Bonchev–Trinajstić information content (AvgIpc) is 0.780. The number of aliphatic hydroxyl groups excluding tert-OH is 11. The summed E-state index contributed by atoms with van der Waals surface area (Å²) in [7, 11) is 0. The minimum atomic E-state index is -1.98. The largest absolute Gasteiger partial charge is 0.394 e. The fourth-order valence-corrected chi connectivity index (χ4v) is 14.3. The number of hydrogen-bond acceptors (Lipinski definition) is 18. The zero-order chi connectivity index (χ0) is 80.3. The molecule has 17 unspecified atom stereocenters. The van der Waals surface area contributed by atoms with Crippen LogP contribution in [0, 0.1) is 0 Å². The van der Waals surface area contributed by atoms with E-state index < -0.39 is 124 Å². The van der Waals surface area contributed by atoms with Gasteiger partial charge in [-0.3, -0.25) is 4.79 Å². The number of carbonyl (C=O) groups is 1. The van der Waals surface area contributed by atoms with Crippen molar-refractivity contribution < 1.29 is 89.4 Å². The maximum Gasteiger partial charge on any atom is 0.220 e. The van der Waals surface area contributed by atoms with Gasteiger partial charge in [-0.15, -0.1) is 0 Å². The summed E-state index contributed by atoms with van der Waals surface area (Å²) in [6.07, 6.45) is 72.8. The van der Waals surface area contributed by atoms with Gasteiger partial charge in [0, 0.05) is 6.42 Å². The molecule has 3 aliphatic rings. The number of rotatable bonds is 70. The molecule has 0 bridgehead atoms. The molecule has 3 rings (SSSR count). The molecule has 0 saturated carbocycles. The normalized spacial score (nSPS) is 25.6. The molecule has 0 aromatic rings. The van der Waals surface area contributed by atoms with E-state index in [4.69, 9.17) is 28.4 Å². The molecule has 0 aromatic heterocycles. The van der Waals surface area contributed by atoms with E-state index in [-0.39, 0.29) is 18.9 Å². The highest BCUT2D eigenvalue weighted by atomic mass is 16.8. The number of aliphatic hydroxyl groups is 11. The van der Waals surface area contributed by atoms with Crippen LogP contribution in [0.5, 0.6) is 0 Å². The Bertz CT molecular complexity index is 2480. The van der Waals surface area contributed by atoms with Crippen molar-refractivity contribution in [1.29, 1.82) is 0 Å². The molecule has 3 heterocycles. The van der Waals surface area contributed by atoms with E-state index in [9.17, 15) is 61.0 Å². The van der Waals surface area contributed by atoms with Crippen LogP contribution >= 0.6 is 0 Å². The second-order valence-electron chi connectivity index (χ2n) is 31.0. The zero-order valence-corrected chi connectivity index (χ0v) is 68.9. The van der Waals surface area contributed by atoms with Gasteiger partial charge in [-0.1, -0.05) is 347 Å². The number of amides is 1. The van der Waals surface area contributed by atoms with Crippen LogP contribution in [0.2, 0.25) is 0 Å². The maximum absolute atomic E-state index is 13.5. The van der Waals surface area contributed by atoms with Crippen molar-refractivity contribution in [3.63, 3.8) is 0 Å². The first-order chi connectivity index (χ1) is 54.3. The first kappa shape index (κ1) is 101. The monoisotopic (exact) mass is 1570 g/mol. The number of carbonyl (C=O) groups excluding carboxylic acids is 1. The summed E-state index contributed by atoms with van der Waals surface area (Å²) < 4.78 is 34.6. The van der Waals surface area contributed by atoms with E-state index in [2.05, 4.69) is 141 Å². The lowest BCUT2D eigenvalue weighted by atomic mass is 9.96. The van der Waals surface area contributed by atoms with Crippen molar-refractivity contribution >= 4 is 5.91 Å². The summed E-state index contributed by atoms with van der Waals surface area (Å²) in [6, 6.07) is -0.902. The molecule has 19 heteroatoms. The van der Waals surface area contributed by atoms with Gasteiger partial charge >= 0.3 is 0 Å². The molecule has 0 spiro atoms. The van der Waals surface area contributed by atoms with Gasteiger partial charge in [0.15, 0.2) is 18.9 Å². The molecule has 3 saturated heterocycles. The molecule has 0 aromatic carbocycles. The fourth-order valence-electron chi connectivity index (χ4n) is 14.3. The molecular weight excluding hydrogens is 1410 g/mol. The van der Waals surface area contributed by atoms with Crippen LogP contribution in [0.1, 0.15) is 322 Å². The third kappa shape index (κ3) is 49.1. The molecule has 111 heavy (non-hydrogen) atoms. The van der Waals surface area contributed by atoms with Crippen molar-refractivity contribution in [3.05, 3.63) is 122 Å². The van der Waals surface area contributed by atoms with Gasteiger partial charge in [0.1, 0.15) is 73.2 Å². The topological polar surface area (TPSA) is 307 Å². The molecule has 0 aliphatic carbocycles. The van der Waals surface area contributed by atoms with Crippen molar-refractivity contribution in [2.75, 3.05) is 26.4 Å². The summed E-state index contributed by atoms with van der Waals surface area (Å²) in [5.41, 5.74) is 0. The Kier molecular flexibility index (Phi) is 64.3. The van der Waals surface area contributed by atoms with Crippen molar-refractivity contribution in [3.8, 4) is 0 Å². The van der Waals surface area contributed by atoms with Crippen LogP contribution in [0.25, 0.3) is 0 Å². The maximum atomic E-state index is 13.5. The van der Waals surface area contributed by atoms with Gasteiger partial charge in [-0.2, -0.15) is 0 Å². The Morgan fingerprint density at radius 2 is 0.622 bits per heavy atom. The smallest absolute Gasteiger partial charge is 0.220 e. The highest BCUT2D eigenvalue weighted by Crippen LogP contribution is 2.33. The quantitative estimate of drug-likeness (QED) is 0.0199. The summed E-state index contributed by atoms with van der Waals surface area (Å²) in [5.74, 6) is -0.252. The lowest BCUT2D eigenvalue weighted by Crippen LogP contribution is -2.66. The summed E-state index contributed by atoms with van der Waals surface area (Å²) in [6.45, 7) is 1.71. The van der Waals surface area contributed by atoms with Crippen LogP contribution in [0.15, 0.2) is 122 Å². The molecule has 3 fully saturated rings. The van der Waals surface area contributed by atoms with E-state index in [1.807, 2.05) is 0 Å². The van der Waals surface area contributed by atoms with E-state index in [0.29, 0.717) is 12.8 Å². The highest BCUT2D eigenvalue weighted by Gasteiger charge is 2.54. The average molecular weight is 1570 g/mol. The van der Waals surface area contributed by atoms with E-state index in [0.717, 1.165) is 128 Å². The third-order valence-corrected chi connectivity index (χ3v) is 21.3. The number of allylic oxidation sites excluding steroid dienone is 20. The molecule has 19 nitrogen and oxygen atoms in total. The van der Waals surface area contributed by atoms with Crippen LogP contribution < -0.4 is 5.32 Å². The summed E-state index contributed by atoms with van der Waals surface area (Å²) in [4.78, 5) is 13.5. The minimum Gasteiger partial charge on any atom is -0.394 e. The molecule has 1 amide bonds. The Labute approximate surface area is 671 Å². The first-order valence-corrected chi connectivity index (χ1v) is 44.3.